The molecule has 6 heteroatoms. The molecule has 0 aliphatic rings. The van der Waals surface area contributed by atoms with Crippen LogP contribution < -0.4 is 11.1 Å². The maximum Gasteiger partial charge on any atom is 0.234 e. The zero-order valence-electron chi connectivity index (χ0n) is 10.0. The molecule has 0 aliphatic carbocycles. The Morgan fingerprint density at radius 3 is 2.50 bits per heavy atom. The van der Waals surface area contributed by atoms with Gasteiger partial charge in [0.1, 0.15) is 0 Å². The van der Waals surface area contributed by atoms with Crippen molar-refractivity contribution in [3.05, 3.63) is 28.2 Å². The molecular weight excluding hydrogens is 291 g/mol. The molecule has 1 aromatic rings. The highest BCUT2D eigenvalue weighted by Gasteiger charge is 2.25. The molecule has 3 nitrogen and oxygen atoms in total. The fraction of sp³-hybridized carbons (Fsp3) is 0.333. The molecule has 0 heterocycles. The molecule has 0 saturated carbocycles. The molecule has 1 unspecified atom stereocenters. The van der Waals surface area contributed by atoms with Crippen LogP contribution in [-0.2, 0) is 4.79 Å². The summed E-state index contributed by atoms with van der Waals surface area (Å²) in [4.78, 5) is 12.2. The smallest absolute Gasteiger partial charge is 0.234 e. The van der Waals surface area contributed by atoms with Crippen LogP contribution >= 0.6 is 35.4 Å². The van der Waals surface area contributed by atoms with Gasteiger partial charge in [0.25, 0.3) is 0 Å². The molecule has 98 valence electrons. The van der Waals surface area contributed by atoms with E-state index in [1.807, 2.05) is 13.8 Å². The number of amides is 1. The van der Waals surface area contributed by atoms with E-state index in [1.54, 1.807) is 18.2 Å². The lowest BCUT2D eigenvalue weighted by atomic mass is 9.95. The van der Waals surface area contributed by atoms with E-state index in [1.165, 1.54) is 0 Å². The van der Waals surface area contributed by atoms with E-state index >= 15 is 0 Å². The van der Waals surface area contributed by atoms with E-state index in [2.05, 4.69) is 5.32 Å². The first-order valence-corrected chi connectivity index (χ1v) is 6.54. The number of hydrogen-bond donors (Lipinski definition) is 2. The minimum Gasteiger partial charge on any atom is -0.393 e. The van der Waals surface area contributed by atoms with Gasteiger partial charge >= 0.3 is 0 Å². The number of nitrogens with two attached hydrogens (primary N) is 1. The Morgan fingerprint density at radius 1 is 1.39 bits per heavy atom. The molecule has 0 aromatic heterocycles. The largest absolute Gasteiger partial charge is 0.393 e. The monoisotopic (exact) mass is 304 g/mol. The molecule has 0 saturated heterocycles. The lowest BCUT2D eigenvalue weighted by Gasteiger charge is -2.19. The number of carbonyl (C=O) groups is 1. The van der Waals surface area contributed by atoms with Crippen LogP contribution in [0, 0.1) is 11.8 Å². The Balaban J connectivity index is 2.92. The molecule has 1 amide bonds. The van der Waals surface area contributed by atoms with Gasteiger partial charge in [0, 0.05) is 5.02 Å². The fourth-order valence-corrected chi connectivity index (χ4v) is 2.28. The van der Waals surface area contributed by atoms with E-state index in [-0.39, 0.29) is 16.8 Å². The van der Waals surface area contributed by atoms with Gasteiger partial charge in [-0.25, -0.2) is 0 Å². The number of hydrogen-bond acceptors (Lipinski definition) is 2. The van der Waals surface area contributed by atoms with Crippen LogP contribution in [0.15, 0.2) is 18.2 Å². The summed E-state index contributed by atoms with van der Waals surface area (Å²) in [5, 5.41) is 3.60. The number of rotatable bonds is 4. The summed E-state index contributed by atoms with van der Waals surface area (Å²) in [5.41, 5.74) is 6.03. The summed E-state index contributed by atoms with van der Waals surface area (Å²) in [6.07, 6.45) is 0. The lowest BCUT2D eigenvalue weighted by Crippen LogP contribution is -2.36. The van der Waals surface area contributed by atoms with Gasteiger partial charge in [-0.15, -0.1) is 0 Å². The van der Waals surface area contributed by atoms with Crippen molar-refractivity contribution in [3.63, 3.8) is 0 Å². The second-order valence-electron chi connectivity index (χ2n) is 4.24. The number of halogens is 2. The maximum atomic E-state index is 12.1. The number of thiocarbonyl (C=S) groups is 1. The van der Waals surface area contributed by atoms with Crippen LogP contribution in [0.2, 0.25) is 10.0 Å². The summed E-state index contributed by atoms with van der Waals surface area (Å²) in [6.45, 7) is 3.76. The Labute approximate surface area is 122 Å². The van der Waals surface area contributed by atoms with Crippen molar-refractivity contribution in [1.29, 1.82) is 0 Å². The minimum absolute atomic E-state index is 0.0143. The molecule has 0 aliphatic heterocycles. The topological polar surface area (TPSA) is 55.1 Å². The molecule has 3 N–H and O–H groups in total. The highest BCUT2D eigenvalue weighted by molar-refractivity contribution is 7.80. The first kappa shape index (κ1) is 15.2. The van der Waals surface area contributed by atoms with Crippen molar-refractivity contribution in [2.75, 3.05) is 5.32 Å². The molecule has 0 bridgehead atoms. The molecule has 1 atom stereocenters. The van der Waals surface area contributed by atoms with Gasteiger partial charge in [-0.3, -0.25) is 4.79 Å². The summed E-state index contributed by atoms with van der Waals surface area (Å²) < 4.78 is 0. The van der Waals surface area contributed by atoms with Crippen LogP contribution in [0.25, 0.3) is 0 Å². The van der Waals surface area contributed by atoms with Crippen LogP contribution in [0.1, 0.15) is 13.8 Å². The second kappa shape index (κ2) is 6.36. The van der Waals surface area contributed by atoms with E-state index in [0.717, 1.165) is 0 Å². The van der Waals surface area contributed by atoms with Gasteiger partial charge in [0.2, 0.25) is 5.91 Å². The summed E-state index contributed by atoms with van der Waals surface area (Å²) in [5.74, 6) is -0.794. The minimum atomic E-state index is -0.532. The van der Waals surface area contributed by atoms with Gasteiger partial charge in [-0.05, 0) is 24.1 Å². The SMILES string of the molecule is CC(C)C(C(=O)Nc1cc(Cl)ccc1Cl)C(N)=S. The third kappa shape index (κ3) is 3.83. The lowest BCUT2D eigenvalue weighted by molar-refractivity contribution is -0.118. The van der Waals surface area contributed by atoms with Crippen molar-refractivity contribution in [3.8, 4) is 0 Å². The van der Waals surface area contributed by atoms with Crippen molar-refractivity contribution < 1.29 is 4.79 Å². The van der Waals surface area contributed by atoms with Crippen LogP contribution in [-0.4, -0.2) is 10.9 Å². The quantitative estimate of drug-likeness (QED) is 0.837. The highest BCUT2D eigenvalue weighted by atomic mass is 35.5. The van der Waals surface area contributed by atoms with E-state index in [4.69, 9.17) is 41.2 Å². The Bertz CT molecular complexity index is 477. The normalized spacial score (nSPS) is 12.3. The molecule has 1 aromatic carbocycles. The van der Waals surface area contributed by atoms with E-state index in [0.29, 0.717) is 15.7 Å². The third-order valence-corrected chi connectivity index (χ3v) is 3.26. The second-order valence-corrected chi connectivity index (χ2v) is 5.55. The maximum absolute atomic E-state index is 12.1. The van der Waals surface area contributed by atoms with Gasteiger partial charge in [0.05, 0.1) is 21.6 Å². The first-order chi connectivity index (χ1) is 8.32. The van der Waals surface area contributed by atoms with Gasteiger partial charge in [-0.1, -0.05) is 49.3 Å². The Kier molecular flexibility index (Phi) is 5.38. The van der Waals surface area contributed by atoms with Gasteiger partial charge in [0.15, 0.2) is 0 Å². The van der Waals surface area contributed by atoms with Crippen molar-refractivity contribution in [2.45, 2.75) is 13.8 Å². The predicted octanol–water partition coefficient (Wildman–Crippen LogP) is 3.49. The molecule has 0 spiro atoms. The third-order valence-electron chi connectivity index (χ3n) is 2.44. The van der Waals surface area contributed by atoms with Crippen molar-refractivity contribution in [1.82, 2.24) is 0 Å². The number of carbonyl (C=O) groups excluding carboxylic acids is 1. The molecule has 1 rings (SSSR count). The fourth-order valence-electron chi connectivity index (χ4n) is 1.56. The Hall–Kier alpha value is -0.840. The molecule has 0 radical (unpaired) electrons. The zero-order valence-corrected chi connectivity index (χ0v) is 12.4. The summed E-state index contributed by atoms with van der Waals surface area (Å²) in [6, 6.07) is 4.84. The van der Waals surface area contributed by atoms with Crippen LogP contribution in [0.4, 0.5) is 5.69 Å². The molecule has 0 fully saturated rings. The Morgan fingerprint density at radius 2 is 2.00 bits per heavy atom. The van der Waals surface area contributed by atoms with Crippen LogP contribution in [0.5, 0.6) is 0 Å². The highest BCUT2D eigenvalue weighted by Crippen LogP contribution is 2.26. The number of benzene rings is 1. The summed E-state index contributed by atoms with van der Waals surface area (Å²) >= 11 is 16.7. The first-order valence-electron chi connectivity index (χ1n) is 5.38. The predicted molar refractivity (Wildman–Crippen MR) is 80.2 cm³/mol. The van der Waals surface area contributed by atoms with Gasteiger partial charge in [-0.2, -0.15) is 0 Å². The van der Waals surface area contributed by atoms with Crippen molar-refractivity contribution >= 4 is 52.0 Å². The zero-order chi connectivity index (χ0) is 13.9. The average Bonchev–Trinajstić information content (AvgIpc) is 2.22. The van der Waals surface area contributed by atoms with E-state index < -0.39 is 5.92 Å². The van der Waals surface area contributed by atoms with Crippen molar-refractivity contribution in [2.24, 2.45) is 17.6 Å². The van der Waals surface area contributed by atoms with Crippen LogP contribution in [0.3, 0.4) is 0 Å². The standard InChI is InChI=1S/C12H14Cl2N2OS/c1-6(2)10(11(15)18)12(17)16-9-5-7(13)3-4-8(9)14/h3-6,10H,1-2H3,(H2,15,18)(H,16,17). The summed E-state index contributed by atoms with van der Waals surface area (Å²) in [7, 11) is 0. The number of anilines is 1. The average molecular weight is 305 g/mol. The number of nitrogens with one attached hydrogen (secondary N) is 1. The molecule has 18 heavy (non-hydrogen) atoms. The van der Waals surface area contributed by atoms with E-state index in [9.17, 15) is 4.79 Å². The molecular formula is C12H14Cl2N2OS. The van der Waals surface area contributed by atoms with Gasteiger partial charge < -0.3 is 11.1 Å².